The van der Waals surface area contributed by atoms with E-state index >= 15 is 0 Å². The fraction of sp³-hybridized carbons (Fsp3) is 0.0244. The number of benzene rings is 6. The number of rotatable bonds is 2. The molecule has 0 spiro atoms. The molecule has 0 saturated heterocycles. The minimum atomic E-state index is 0.832. The van der Waals surface area contributed by atoms with Crippen molar-refractivity contribution < 1.29 is 0 Å². The first-order valence-electron chi connectivity index (χ1n) is 15.6. The molecule has 4 heteroatoms. The summed E-state index contributed by atoms with van der Waals surface area (Å²) in [4.78, 5) is 0. The van der Waals surface area contributed by atoms with Crippen LogP contribution in [0.2, 0.25) is 0 Å². The largest absolute Gasteiger partial charge is 0.367 e. The van der Waals surface area contributed by atoms with Crippen LogP contribution in [-0.2, 0) is 0 Å². The molecule has 0 fully saturated rings. The van der Waals surface area contributed by atoms with Gasteiger partial charge in [-0.2, -0.15) is 0 Å². The maximum Gasteiger partial charge on any atom is 0.119 e. The zero-order valence-corrected chi connectivity index (χ0v) is 24.3. The standard InChI is InChI=1S/C41H26N4/c1-5-15-33-27(10-1)29-14-9-23-42-41(29)44(33)26-21-19-25(20-22-26)43-35-17-7-3-12-30(35)38-37(43)24-32-28-11-2-6-16-34(28)45-36-18-8-4-13-31(36)39(38)40(32)45/h1-22,24,42H,23H2. The molecule has 0 unspecified atom stereocenters. The van der Waals surface area contributed by atoms with Crippen LogP contribution in [0.3, 0.4) is 0 Å². The van der Waals surface area contributed by atoms with Gasteiger partial charge in [0.1, 0.15) is 5.82 Å². The van der Waals surface area contributed by atoms with Crippen LogP contribution in [0, 0.1) is 0 Å². The average Bonchev–Trinajstić information content (AvgIpc) is 3.82. The van der Waals surface area contributed by atoms with Gasteiger partial charge in [-0.3, -0.25) is 4.57 Å². The van der Waals surface area contributed by atoms with E-state index in [4.69, 9.17) is 0 Å². The molecule has 5 heterocycles. The Hall–Kier alpha value is -6.00. The summed E-state index contributed by atoms with van der Waals surface area (Å²) in [5.41, 5.74) is 11.1. The first kappa shape index (κ1) is 23.5. The zero-order chi connectivity index (χ0) is 29.2. The topological polar surface area (TPSA) is 26.3 Å². The lowest BCUT2D eigenvalue weighted by Crippen LogP contribution is -2.08. The number of nitrogens with one attached hydrogen (secondary N) is 1. The van der Waals surface area contributed by atoms with E-state index in [0.29, 0.717) is 0 Å². The number of anilines is 1. The van der Waals surface area contributed by atoms with Gasteiger partial charge in [0, 0.05) is 61.2 Å². The number of hydrogen-bond acceptors (Lipinski definition) is 1. The van der Waals surface area contributed by atoms with E-state index in [9.17, 15) is 0 Å². The molecule has 11 rings (SSSR count). The van der Waals surface area contributed by atoms with E-state index in [1.165, 1.54) is 76.4 Å². The summed E-state index contributed by atoms with van der Waals surface area (Å²) in [7, 11) is 0. The van der Waals surface area contributed by atoms with Gasteiger partial charge in [-0.25, -0.2) is 0 Å². The third-order valence-corrected chi connectivity index (χ3v) is 9.96. The van der Waals surface area contributed by atoms with E-state index in [-0.39, 0.29) is 0 Å². The molecular weight excluding hydrogens is 548 g/mol. The second kappa shape index (κ2) is 8.34. The number of aromatic nitrogens is 3. The predicted octanol–water partition coefficient (Wildman–Crippen LogP) is 10.3. The molecule has 0 bridgehead atoms. The lowest BCUT2D eigenvalue weighted by Gasteiger charge is -2.16. The predicted molar refractivity (Wildman–Crippen MR) is 190 cm³/mol. The summed E-state index contributed by atoms with van der Waals surface area (Å²) in [6.45, 7) is 0.832. The van der Waals surface area contributed by atoms with Crippen molar-refractivity contribution in [1.82, 2.24) is 13.5 Å². The molecule has 0 radical (unpaired) electrons. The van der Waals surface area contributed by atoms with Crippen molar-refractivity contribution in [3.63, 3.8) is 0 Å². The minimum Gasteiger partial charge on any atom is -0.367 e. The quantitative estimate of drug-likeness (QED) is 0.218. The lowest BCUT2D eigenvalue weighted by atomic mass is 10.0. The van der Waals surface area contributed by atoms with E-state index in [2.05, 4.69) is 158 Å². The molecule has 1 N–H and O–H groups in total. The molecule has 10 aromatic rings. The molecule has 0 saturated carbocycles. The number of hydrogen-bond donors (Lipinski definition) is 1. The van der Waals surface area contributed by atoms with E-state index in [1.54, 1.807) is 0 Å². The third kappa shape index (κ3) is 2.87. The van der Waals surface area contributed by atoms with Gasteiger partial charge in [0.2, 0.25) is 0 Å². The van der Waals surface area contributed by atoms with Gasteiger partial charge in [0.05, 0.1) is 33.1 Å². The second-order valence-corrected chi connectivity index (χ2v) is 12.2. The summed E-state index contributed by atoms with van der Waals surface area (Å²) >= 11 is 0. The van der Waals surface area contributed by atoms with Crippen LogP contribution in [0.5, 0.6) is 0 Å². The third-order valence-electron chi connectivity index (χ3n) is 9.96. The van der Waals surface area contributed by atoms with Crippen molar-refractivity contribution in [2.75, 3.05) is 11.9 Å². The minimum absolute atomic E-state index is 0.832. The zero-order valence-electron chi connectivity index (χ0n) is 24.3. The first-order valence-corrected chi connectivity index (χ1v) is 15.6. The normalized spacial score (nSPS) is 13.3. The highest BCUT2D eigenvalue weighted by atomic mass is 15.1. The molecule has 0 atom stereocenters. The molecule has 6 aromatic carbocycles. The first-order chi connectivity index (χ1) is 22.4. The highest BCUT2D eigenvalue weighted by Crippen LogP contribution is 2.46. The van der Waals surface area contributed by atoms with Crippen molar-refractivity contribution in [2.24, 2.45) is 0 Å². The van der Waals surface area contributed by atoms with Gasteiger partial charge < -0.3 is 14.3 Å². The Balaban J connectivity index is 1.23. The summed E-state index contributed by atoms with van der Waals surface area (Å²) in [6, 6.07) is 46.8. The monoisotopic (exact) mass is 574 g/mol. The molecular formula is C41H26N4. The number of nitrogens with zero attached hydrogens (tertiary/aromatic N) is 3. The Morgan fingerprint density at radius 2 is 1.02 bits per heavy atom. The Kier molecular flexibility index (Phi) is 4.34. The van der Waals surface area contributed by atoms with Crippen LogP contribution in [0.1, 0.15) is 5.56 Å². The van der Waals surface area contributed by atoms with E-state index in [1.807, 2.05) is 0 Å². The van der Waals surface area contributed by atoms with Crippen LogP contribution in [-0.4, -0.2) is 20.1 Å². The fourth-order valence-corrected chi connectivity index (χ4v) is 8.20. The maximum absolute atomic E-state index is 3.63. The smallest absolute Gasteiger partial charge is 0.119 e. The second-order valence-electron chi connectivity index (χ2n) is 12.2. The number of para-hydroxylation sites is 4. The van der Waals surface area contributed by atoms with Crippen molar-refractivity contribution in [2.45, 2.75) is 0 Å². The fourth-order valence-electron chi connectivity index (χ4n) is 8.20. The Morgan fingerprint density at radius 1 is 0.467 bits per heavy atom. The van der Waals surface area contributed by atoms with Gasteiger partial charge in [0.25, 0.3) is 0 Å². The molecule has 4 aromatic heterocycles. The van der Waals surface area contributed by atoms with Crippen LogP contribution in [0.15, 0.2) is 133 Å². The highest BCUT2D eigenvalue weighted by Gasteiger charge is 2.24. The van der Waals surface area contributed by atoms with Gasteiger partial charge in [-0.15, -0.1) is 0 Å². The van der Waals surface area contributed by atoms with E-state index < -0.39 is 0 Å². The van der Waals surface area contributed by atoms with Crippen LogP contribution >= 0.6 is 0 Å². The summed E-state index contributed by atoms with van der Waals surface area (Å²) in [5.74, 6) is 1.16. The van der Waals surface area contributed by atoms with Crippen LogP contribution in [0.25, 0.3) is 88.3 Å². The molecule has 0 aliphatic carbocycles. The molecule has 0 amide bonds. The van der Waals surface area contributed by atoms with Crippen molar-refractivity contribution in [3.05, 3.63) is 139 Å². The maximum atomic E-state index is 3.63. The van der Waals surface area contributed by atoms with Gasteiger partial charge >= 0.3 is 0 Å². The molecule has 45 heavy (non-hydrogen) atoms. The summed E-state index contributed by atoms with van der Waals surface area (Å²) in [6.07, 6.45) is 4.44. The van der Waals surface area contributed by atoms with E-state index in [0.717, 1.165) is 23.7 Å². The lowest BCUT2D eigenvalue weighted by molar-refractivity contribution is 1.09. The summed E-state index contributed by atoms with van der Waals surface area (Å²) in [5, 5.41) is 12.7. The van der Waals surface area contributed by atoms with Gasteiger partial charge in [-0.05, 0) is 54.6 Å². The van der Waals surface area contributed by atoms with Crippen molar-refractivity contribution in [3.8, 4) is 11.4 Å². The molecule has 1 aliphatic heterocycles. The summed E-state index contributed by atoms with van der Waals surface area (Å²) < 4.78 is 7.29. The van der Waals surface area contributed by atoms with Gasteiger partial charge in [0.15, 0.2) is 0 Å². The highest BCUT2D eigenvalue weighted by molar-refractivity contribution is 6.35. The van der Waals surface area contributed by atoms with Crippen LogP contribution < -0.4 is 5.32 Å². The SMILES string of the molecule is C1=Cc2c(n(-c3ccc(-n4c5ccccc5c5c6c7ccccc7n7c8ccccc8c(cc54)c67)cc3)c3ccccc23)NC1. The van der Waals surface area contributed by atoms with Crippen molar-refractivity contribution in [1.29, 1.82) is 0 Å². The Morgan fingerprint density at radius 3 is 1.76 bits per heavy atom. The molecule has 4 nitrogen and oxygen atoms in total. The van der Waals surface area contributed by atoms with Crippen LogP contribution in [0.4, 0.5) is 5.82 Å². The Bertz CT molecular complexity index is 2860. The number of fused-ring (bicyclic) bond motifs is 13. The average molecular weight is 575 g/mol. The Labute approximate surface area is 258 Å². The van der Waals surface area contributed by atoms with Crippen molar-refractivity contribution >= 4 is 82.7 Å². The van der Waals surface area contributed by atoms with Gasteiger partial charge in [-0.1, -0.05) is 84.9 Å². The molecule has 210 valence electrons. The molecule has 1 aliphatic rings.